The van der Waals surface area contributed by atoms with E-state index in [4.69, 9.17) is 16.3 Å². The van der Waals surface area contributed by atoms with Gasteiger partial charge in [0.25, 0.3) is 0 Å². The Morgan fingerprint density at radius 3 is 2.69 bits per heavy atom. The fraction of sp³-hybridized carbons (Fsp3) is 0.538. The minimum Gasteiger partial charge on any atom is -0.495 e. The molecule has 0 spiro atoms. The highest BCUT2D eigenvalue weighted by Gasteiger charge is 2.07. The summed E-state index contributed by atoms with van der Waals surface area (Å²) >= 11 is 6.05. The summed E-state index contributed by atoms with van der Waals surface area (Å²) in [5.41, 5.74) is 2.08. The average Bonchev–Trinajstić information content (AvgIpc) is 2.29. The van der Waals surface area contributed by atoms with Crippen LogP contribution in [0.2, 0.25) is 5.02 Å². The Morgan fingerprint density at radius 2 is 2.12 bits per heavy atom. The van der Waals surface area contributed by atoms with Crippen molar-refractivity contribution >= 4 is 17.3 Å². The van der Waals surface area contributed by atoms with Crippen molar-refractivity contribution in [1.29, 1.82) is 0 Å². The van der Waals surface area contributed by atoms with E-state index in [1.807, 2.05) is 19.1 Å². The molecular formula is C13H20ClNO. The molecule has 1 aromatic rings. The van der Waals surface area contributed by atoms with Crippen molar-refractivity contribution in [2.75, 3.05) is 19.0 Å². The first kappa shape index (κ1) is 13.2. The zero-order valence-corrected chi connectivity index (χ0v) is 11.2. The maximum Gasteiger partial charge on any atom is 0.143 e. The highest BCUT2D eigenvalue weighted by Crippen LogP contribution is 2.31. The highest BCUT2D eigenvalue weighted by molar-refractivity contribution is 6.31. The van der Waals surface area contributed by atoms with E-state index in [1.165, 1.54) is 6.42 Å². The Morgan fingerprint density at radius 1 is 1.44 bits per heavy atom. The molecular weight excluding hydrogens is 222 g/mol. The number of anilines is 1. The zero-order valence-electron chi connectivity index (χ0n) is 10.4. The predicted octanol–water partition coefficient (Wildman–Crippen LogP) is 4.12. The summed E-state index contributed by atoms with van der Waals surface area (Å²) < 4.78 is 5.30. The van der Waals surface area contributed by atoms with Crippen LogP contribution in [0.5, 0.6) is 5.75 Å². The van der Waals surface area contributed by atoms with Gasteiger partial charge in [0.15, 0.2) is 0 Å². The summed E-state index contributed by atoms with van der Waals surface area (Å²) in [6.45, 7) is 7.36. The molecule has 0 saturated carbocycles. The van der Waals surface area contributed by atoms with Gasteiger partial charge in [-0.2, -0.15) is 0 Å². The van der Waals surface area contributed by atoms with E-state index in [-0.39, 0.29) is 0 Å². The van der Waals surface area contributed by atoms with Gasteiger partial charge < -0.3 is 10.1 Å². The molecule has 0 radical (unpaired) electrons. The molecule has 1 aromatic carbocycles. The molecule has 16 heavy (non-hydrogen) atoms. The second-order valence-electron chi connectivity index (χ2n) is 4.20. The van der Waals surface area contributed by atoms with Crippen LogP contribution in [-0.4, -0.2) is 13.7 Å². The van der Waals surface area contributed by atoms with Gasteiger partial charge in [-0.1, -0.05) is 31.9 Å². The molecule has 3 heteroatoms. The van der Waals surface area contributed by atoms with Gasteiger partial charge in [0.2, 0.25) is 0 Å². The van der Waals surface area contributed by atoms with Crippen molar-refractivity contribution in [1.82, 2.24) is 0 Å². The lowest BCUT2D eigenvalue weighted by Crippen LogP contribution is -2.11. The first-order valence-electron chi connectivity index (χ1n) is 5.66. The minimum absolute atomic E-state index is 0.653. The standard InChI is InChI=1S/C13H20ClNO/c1-5-9(2)8-15-12-6-10(3)11(14)7-13(12)16-4/h6-7,9,15H,5,8H2,1-4H3. The molecule has 0 saturated heterocycles. The van der Waals surface area contributed by atoms with Crippen molar-refractivity contribution in [2.45, 2.75) is 27.2 Å². The largest absolute Gasteiger partial charge is 0.495 e. The van der Waals surface area contributed by atoms with Crippen molar-refractivity contribution in [3.63, 3.8) is 0 Å². The molecule has 1 N–H and O–H groups in total. The van der Waals surface area contributed by atoms with Crippen LogP contribution in [0.3, 0.4) is 0 Å². The molecule has 1 unspecified atom stereocenters. The molecule has 0 amide bonds. The fourth-order valence-corrected chi connectivity index (χ4v) is 1.55. The van der Waals surface area contributed by atoms with E-state index < -0.39 is 0 Å². The second kappa shape index (κ2) is 6.00. The van der Waals surface area contributed by atoms with E-state index >= 15 is 0 Å². The summed E-state index contributed by atoms with van der Waals surface area (Å²) in [6.07, 6.45) is 1.17. The van der Waals surface area contributed by atoms with Crippen molar-refractivity contribution in [3.8, 4) is 5.75 Å². The van der Waals surface area contributed by atoms with Crippen LogP contribution in [0.15, 0.2) is 12.1 Å². The summed E-state index contributed by atoms with van der Waals surface area (Å²) in [5.74, 6) is 1.46. The van der Waals surface area contributed by atoms with E-state index in [9.17, 15) is 0 Å². The van der Waals surface area contributed by atoms with E-state index in [1.54, 1.807) is 7.11 Å². The van der Waals surface area contributed by atoms with Crippen LogP contribution in [-0.2, 0) is 0 Å². The Balaban J connectivity index is 2.81. The minimum atomic E-state index is 0.653. The number of ether oxygens (including phenoxy) is 1. The summed E-state index contributed by atoms with van der Waals surface area (Å²) in [6, 6.07) is 3.89. The third-order valence-corrected chi connectivity index (χ3v) is 3.23. The molecule has 0 aliphatic rings. The molecule has 1 atom stereocenters. The summed E-state index contributed by atoms with van der Waals surface area (Å²) in [5, 5.41) is 4.14. The monoisotopic (exact) mass is 241 g/mol. The number of methoxy groups -OCH3 is 1. The van der Waals surface area contributed by atoms with E-state index in [2.05, 4.69) is 19.2 Å². The topological polar surface area (TPSA) is 21.3 Å². The maximum absolute atomic E-state index is 6.05. The van der Waals surface area contributed by atoms with Crippen molar-refractivity contribution < 1.29 is 4.74 Å². The molecule has 0 aliphatic heterocycles. The number of hydrogen-bond acceptors (Lipinski definition) is 2. The lowest BCUT2D eigenvalue weighted by atomic mass is 10.1. The Kier molecular flexibility index (Phi) is 4.94. The molecule has 90 valence electrons. The maximum atomic E-state index is 6.05. The van der Waals surface area contributed by atoms with E-state index in [0.29, 0.717) is 5.92 Å². The van der Waals surface area contributed by atoms with Gasteiger partial charge in [-0.3, -0.25) is 0 Å². The van der Waals surface area contributed by atoms with Gasteiger partial charge in [0, 0.05) is 17.6 Å². The van der Waals surface area contributed by atoms with Crippen molar-refractivity contribution in [3.05, 3.63) is 22.7 Å². The first-order chi connectivity index (χ1) is 7.58. The van der Waals surface area contributed by atoms with Gasteiger partial charge >= 0.3 is 0 Å². The highest BCUT2D eigenvalue weighted by atomic mass is 35.5. The number of nitrogens with one attached hydrogen (secondary N) is 1. The molecule has 0 fully saturated rings. The third kappa shape index (κ3) is 3.31. The number of hydrogen-bond donors (Lipinski definition) is 1. The quantitative estimate of drug-likeness (QED) is 0.838. The summed E-state index contributed by atoms with van der Waals surface area (Å²) in [4.78, 5) is 0. The summed E-state index contributed by atoms with van der Waals surface area (Å²) in [7, 11) is 1.66. The number of halogens is 1. The second-order valence-corrected chi connectivity index (χ2v) is 4.60. The Bertz CT molecular complexity index is 352. The van der Waals surface area contributed by atoms with Crippen molar-refractivity contribution in [2.24, 2.45) is 5.92 Å². The third-order valence-electron chi connectivity index (χ3n) is 2.82. The Hall–Kier alpha value is -0.890. The zero-order chi connectivity index (χ0) is 12.1. The van der Waals surface area contributed by atoms with Gasteiger partial charge in [-0.05, 0) is 24.5 Å². The normalized spacial score (nSPS) is 12.3. The van der Waals surface area contributed by atoms with Crippen LogP contribution in [0.1, 0.15) is 25.8 Å². The van der Waals surface area contributed by atoms with Crippen LogP contribution < -0.4 is 10.1 Å². The molecule has 0 heterocycles. The Labute approximate surface area is 103 Å². The number of benzene rings is 1. The molecule has 0 aliphatic carbocycles. The predicted molar refractivity (Wildman–Crippen MR) is 70.7 cm³/mol. The van der Waals surface area contributed by atoms with Gasteiger partial charge in [-0.25, -0.2) is 0 Å². The first-order valence-corrected chi connectivity index (χ1v) is 6.04. The molecule has 0 aromatic heterocycles. The van der Waals surface area contributed by atoms with Crippen LogP contribution in [0, 0.1) is 12.8 Å². The number of rotatable bonds is 5. The lowest BCUT2D eigenvalue weighted by Gasteiger charge is -2.15. The smallest absolute Gasteiger partial charge is 0.143 e. The lowest BCUT2D eigenvalue weighted by molar-refractivity contribution is 0.416. The van der Waals surface area contributed by atoms with Crippen LogP contribution in [0.4, 0.5) is 5.69 Å². The number of aryl methyl sites for hydroxylation is 1. The fourth-order valence-electron chi connectivity index (χ4n) is 1.40. The van der Waals surface area contributed by atoms with Gasteiger partial charge in [0.05, 0.1) is 12.8 Å². The van der Waals surface area contributed by atoms with Gasteiger partial charge in [-0.15, -0.1) is 0 Å². The van der Waals surface area contributed by atoms with E-state index in [0.717, 1.165) is 28.6 Å². The SMILES string of the molecule is CCC(C)CNc1cc(C)c(Cl)cc1OC. The molecule has 1 rings (SSSR count). The average molecular weight is 242 g/mol. The molecule has 0 bridgehead atoms. The van der Waals surface area contributed by atoms with Crippen LogP contribution in [0.25, 0.3) is 0 Å². The van der Waals surface area contributed by atoms with Gasteiger partial charge in [0.1, 0.15) is 5.75 Å². The molecule has 2 nitrogen and oxygen atoms in total. The van der Waals surface area contributed by atoms with Crippen LogP contribution >= 0.6 is 11.6 Å².